The number of carbonyl (C=O) groups excluding carboxylic acids is 1. The van der Waals surface area contributed by atoms with E-state index in [9.17, 15) is 9.59 Å². The molecule has 0 fully saturated rings. The third-order valence-electron chi connectivity index (χ3n) is 3.01. The molecule has 1 aromatic rings. The molecular weight excluding hydrogens is 260 g/mol. The molecule has 2 amide bonds. The van der Waals surface area contributed by atoms with Crippen LogP contribution in [0.5, 0.6) is 0 Å². The predicted molar refractivity (Wildman–Crippen MR) is 74.2 cm³/mol. The number of carboxylic acids is 1. The molecule has 0 aliphatic carbocycles. The molecule has 2 unspecified atom stereocenters. The molecular formula is C13H22N4O3. The molecule has 20 heavy (non-hydrogen) atoms. The van der Waals surface area contributed by atoms with Crippen molar-refractivity contribution in [3.05, 3.63) is 18.2 Å². The fourth-order valence-electron chi connectivity index (χ4n) is 1.73. The van der Waals surface area contributed by atoms with Crippen molar-refractivity contribution in [2.24, 2.45) is 5.41 Å². The number of aliphatic carboxylic acids is 1. The van der Waals surface area contributed by atoms with E-state index in [0.29, 0.717) is 5.82 Å². The maximum absolute atomic E-state index is 11.9. The molecule has 0 spiro atoms. The summed E-state index contributed by atoms with van der Waals surface area (Å²) < 4.78 is 0. The molecule has 7 nitrogen and oxygen atoms in total. The standard InChI is InChI=1S/C13H22N4O3/c1-8(11-14-5-6-15-11)16-12(20)17-9(7-10(18)19)13(2,3)4/h5-6,8-9H,7H2,1-4H3,(H,14,15)(H,18,19)(H2,16,17,20). The summed E-state index contributed by atoms with van der Waals surface area (Å²) in [5.41, 5.74) is -0.344. The number of carboxylic acid groups (broad SMARTS) is 1. The molecule has 4 N–H and O–H groups in total. The van der Waals surface area contributed by atoms with E-state index in [1.165, 1.54) is 0 Å². The lowest BCUT2D eigenvalue weighted by molar-refractivity contribution is -0.138. The molecule has 1 heterocycles. The number of rotatable bonds is 5. The number of carbonyl (C=O) groups is 2. The van der Waals surface area contributed by atoms with Gasteiger partial charge in [-0.05, 0) is 12.3 Å². The molecule has 0 bridgehead atoms. The summed E-state index contributed by atoms with van der Waals surface area (Å²) in [5.74, 6) is -0.296. The van der Waals surface area contributed by atoms with E-state index in [-0.39, 0.29) is 17.9 Å². The van der Waals surface area contributed by atoms with Crippen molar-refractivity contribution in [3.63, 3.8) is 0 Å². The first-order valence-electron chi connectivity index (χ1n) is 6.48. The lowest BCUT2D eigenvalue weighted by Gasteiger charge is -2.30. The van der Waals surface area contributed by atoms with E-state index in [4.69, 9.17) is 5.11 Å². The van der Waals surface area contributed by atoms with Crippen LogP contribution in [0.1, 0.15) is 46.0 Å². The average molecular weight is 282 g/mol. The van der Waals surface area contributed by atoms with Gasteiger partial charge in [-0.2, -0.15) is 0 Å². The summed E-state index contributed by atoms with van der Waals surface area (Å²) in [6.45, 7) is 7.45. The molecule has 7 heteroatoms. The molecule has 0 aliphatic rings. The predicted octanol–water partition coefficient (Wildman–Crippen LogP) is 1.66. The van der Waals surface area contributed by atoms with Crippen LogP contribution in [0.2, 0.25) is 0 Å². The van der Waals surface area contributed by atoms with Crippen molar-refractivity contribution < 1.29 is 14.7 Å². The summed E-state index contributed by atoms with van der Waals surface area (Å²) >= 11 is 0. The Morgan fingerprint density at radius 1 is 1.40 bits per heavy atom. The monoisotopic (exact) mass is 282 g/mol. The van der Waals surface area contributed by atoms with Crippen LogP contribution in [0.25, 0.3) is 0 Å². The topological polar surface area (TPSA) is 107 Å². The minimum Gasteiger partial charge on any atom is -0.481 e. The van der Waals surface area contributed by atoms with Gasteiger partial charge < -0.3 is 20.7 Å². The van der Waals surface area contributed by atoms with Crippen molar-refractivity contribution in [1.82, 2.24) is 20.6 Å². The third-order valence-corrected chi connectivity index (χ3v) is 3.01. The number of H-pyrrole nitrogens is 1. The second-order valence-corrected chi connectivity index (χ2v) is 5.83. The Kier molecular flexibility index (Phi) is 5.12. The minimum atomic E-state index is -0.940. The number of hydrogen-bond acceptors (Lipinski definition) is 3. The zero-order valence-electron chi connectivity index (χ0n) is 12.2. The average Bonchev–Trinajstić information content (AvgIpc) is 2.79. The first kappa shape index (κ1) is 16.0. The molecule has 1 rings (SSSR count). The van der Waals surface area contributed by atoms with Gasteiger partial charge in [0.1, 0.15) is 5.82 Å². The summed E-state index contributed by atoms with van der Waals surface area (Å²) in [5, 5.41) is 14.3. The van der Waals surface area contributed by atoms with Crippen LogP contribution in [0.15, 0.2) is 12.4 Å². The molecule has 0 aromatic carbocycles. The third kappa shape index (κ3) is 4.91. The first-order chi connectivity index (χ1) is 9.20. The molecule has 112 valence electrons. The Bertz CT molecular complexity index is 451. The van der Waals surface area contributed by atoms with Gasteiger partial charge in [-0.25, -0.2) is 9.78 Å². The Balaban J connectivity index is 2.60. The fraction of sp³-hybridized carbons (Fsp3) is 0.615. The highest BCUT2D eigenvalue weighted by atomic mass is 16.4. The van der Waals surface area contributed by atoms with Gasteiger partial charge in [0.15, 0.2) is 0 Å². The Morgan fingerprint density at radius 3 is 2.50 bits per heavy atom. The largest absolute Gasteiger partial charge is 0.481 e. The Morgan fingerprint density at radius 2 is 2.05 bits per heavy atom. The van der Waals surface area contributed by atoms with Gasteiger partial charge in [-0.3, -0.25) is 4.79 Å². The van der Waals surface area contributed by atoms with Crippen LogP contribution in [-0.2, 0) is 4.79 Å². The van der Waals surface area contributed by atoms with Crippen molar-refractivity contribution in [2.45, 2.75) is 46.2 Å². The van der Waals surface area contributed by atoms with Crippen LogP contribution >= 0.6 is 0 Å². The van der Waals surface area contributed by atoms with E-state index in [0.717, 1.165) is 0 Å². The summed E-state index contributed by atoms with van der Waals surface area (Å²) in [6.07, 6.45) is 3.16. The van der Waals surface area contributed by atoms with Crippen LogP contribution in [0.3, 0.4) is 0 Å². The minimum absolute atomic E-state index is 0.119. The van der Waals surface area contributed by atoms with Crippen molar-refractivity contribution in [2.75, 3.05) is 0 Å². The van der Waals surface area contributed by atoms with Crippen molar-refractivity contribution in [1.29, 1.82) is 0 Å². The quantitative estimate of drug-likeness (QED) is 0.658. The number of nitrogens with zero attached hydrogens (tertiary/aromatic N) is 1. The van der Waals surface area contributed by atoms with Crippen LogP contribution in [0, 0.1) is 5.41 Å². The highest BCUT2D eigenvalue weighted by Crippen LogP contribution is 2.21. The van der Waals surface area contributed by atoms with Gasteiger partial charge in [-0.1, -0.05) is 20.8 Å². The number of aromatic amines is 1. The highest BCUT2D eigenvalue weighted by molar-refractivity contribution is 5.76. The van der Waals surface area contributed by atoms with Gasteiger partial charge in [0, 0.05) is 18.4 Å². The second kappa shape index (κ2) is 6.40. The van der Waals surface area contributed by atoms with Gasteiger partial charge in [0.05, 0.1) is 12.5 Å². The zero-order chi connectivity index (χ0) is 15.3. The number of aromatic nitrogens is 2. The SMILES string of the molecule is CC(NC(=O)NC(CC(=O)O)C(C)(C)C)c1ncc[nH]1. The smallest absolute Gasteiger partial charge is 0.315 e. The van der Waals surface area contributed by atoms with E-state index < -0.39 is 18.0 Å². The van der Waals surface area contributed by atoms with E-state index in [1.807, 2.05) is 20.8 Å². The van der Waals surface area contributed by atoms with Crippen molar-refractivity contribution >= 4 is 12.0 Å². The molecule has 0 aliphatic heterocycles. The Hall–Kier alpha value is -2.05. The first-order valence-corrected chi connectivity index (χ1v) is 6.48. The lowest BCUT2D eigenvalue weighted by atomic mass is 9.85. The van der Waals surface area contributed by atoms with Crippen molar-refractivity contribution in [3.8, 4) is 0 Å². The van der Waals surface area contributed by atoms with Gasteiger partial charge in [0.2, 0.25) is 0 Å². The summed E-state index contributed by atoms with van der Waals surface area (Å²) in [4.78, 5) is 29.8. The number of urea groups is 1. The maximum atomic E-state index is 11.9. The molecule has 0 radical (unpaired) electrons. The van der Waals surface area contributed by atoms with E-state index in [2.05, 4.69) is 20.6 Å². The number of nitrogens with one attached hydrogen (secondary N) is 3. The normalized spacial score (nSPS) is 14.4. The highest BCUT2D eigenvalue weighted by Gasteiger charge is 2.28. The molecule has 0 saturated heterocycles. The molecule has 0 saturated carbocycles. The number of amides is 2. The zero-order valence-corrected chi connectivity index (χ0v) is 12.2. The number of hydrogen-bond donors (Lipinski definition) is 4. The van der Waals surface area contributed by atoms with E-state index in [1.54, 1.807) is 19.3 Å². The summed E-state index contributed by atoms with van der Waals surface area (Å²) in [6, 6.07) is -1.14. The van der Waals surface area contributed by atoms with Crippen LogP contribution in [-0.4, -0.2) is 33.1 Å². The van der Waals surface area contributed by atoms with Gasteiger partial charge in [0.25, 0.3) is 0 Å². The van der Waals surface area contributed by atoms with Gasteiger partial charge in [-0.15, -0.1) is 0 Å². The Labute approximate surface area is 118 Å². The lowest BCUT2D eigenvalue weighted by Crippen LogP contribution is -2.49. The van der Waals surface area contributed by atoms with Gasteiger partial charge >= 0.3 is 12.0 Å². The molecule has 1 aromatic heterocycles. The van der Waals surface area contributed by atoms with Crippen LogP contribution in [0.4, 0.5) is 4.79 Å². The van der Waals surface area contributed by atoms with Crippen LogP contribution < -0.4 is 10.6 Å². The second-order valence-electron chi connectivity index (χ2n) is 5.83. The summed E-state index contributed by atoms with van der Waals surface area (Å²) in [7, 11) is 0. The maximum Gasteiger partial charge on any atom is 0.315 e. The molecule has 2 atom stereocenters. The van der Waals surface area contributed by atoms with E-state index >= 15 is 0 Å². The number of imidazole rings is 1. The fourth-order valence-corrected chi connectivity index (χ4v) is 1.73.